The van der Waals surface area contributed by atoms with E-state index in [1.807, 2.05) is 4.90 Å². The molecule has 2 aliphatic rings. The molecule has 0 spiro atoms. The molecule has 0 radical (unpaired) electrons. The third-order valence-corrected chi connectivity index (χ3v) is 3.18. The van der Waals surface area contributed by atoms with Gasteiger partial charge in [-0.25, -0.2) is 0 Å². The maximum atomic E-state index is 11.7. The number of carbonyl (C=O) groups excluding carboxylic acids is 2. The van der Waals surface area contributed by atoms with Crippen LogP contribution >= 0.6 is 0 Å². The van der Waals surface area contributed by atoms with Gasteiger partial charge in [0.2, 0.25) is 11.8 Å². The fourth-order valence-electron chi connectivity index (χ4n) is 2.05. The minimum atomic E-state index is -0.238. The number of rotatable bonds is 4. The van der Waals surface area contributed by atoms with Crippen molar-refractivity contribution in [2.75, 3.05) is 13.2 Å². The Hall–Kier alpha value is -1.10. The normalized spacial score (nSPS) is 27.0. The topological polar surface area (TPSA) is 69.6 Å². The van der Waals surface area contributed by atoms with E-state index in [0.717, 1.165) is 12.8 Å². The Kier molecular flexibility index (Phi) is 3.14. The van der Waals surface area contributed by atoms with Crippen molar-refractivity contribution in [1.82, 2.24) is 10.2 Å². The number of likely N-dealkylation sites (tertiary alicyclic amines) is 1. The van der Waals surface area contributed by atoms with Crippen LogP contribution in [-0.4, -0.2) is 47.1 Å². The predicted molar refractivity (Wildman–Crippen MR) is 57.5 cm³/mol. The number of aliphatic hydroxyl groups is 1. The third-order valence-electron chi connectivity index (χ3n) is 3.18. The van der Waals surface area contributed by atoms with Crippen molar-refractivity contribution in [1.29, 1.82) is 0 Å². The molecule has 0 bridgehead atoms. The van der Waals surface area contributed by atoms with Crippen LogP contribution in [0.15, 0.2) is 0 Å². The van der Waals surface area contributed by atoms with Crippen LogP contribution in [0.2, 0.25) is 0 Å². The molecular formula is C11H18N2O3. The van der Waals surface area contributed by atoms with Gasteiger partial charge >= 0.3 is 0 Å². The third kappa shape index (κ3) is 2.35. The van der Waals surface area contributed by atoms with E-state index in [-0.39, 0.29) is 30.4 Å². The van der Waals surface area contributed by atoms with Crippen molar-refractivity contribution in [3.8, 4) is 0 Å². The summed E-state index contributed by atoms with van der Waals surface area (Å²) in [5.74, 6) is -0.251. The Bertz CT molecular complexity index is 302. The van der Waals surface area contributed by atoms with Gasteiger partial charge in [0.05, 0.1) is 12.5 Å². The zero-order chi connectivity index (χ0) is 11.7. The summed E-state index contributed by atoms with van der Waals surface area (Å²) >= 11 is 0. The molecule has 1 aliphatic carbocycles. The van der Waals surface area contributed by atoms with Crippen LogP contribution < -0.4 is 5.32 Å². The second kappa shape index (κ2) is 4.41. The van der Waals surface area contributed by atoms with E-state index < -0.39 is 0 Å². The number of nitrogens with zero attached hydrogens (tertiary/aromatic N) is 1. The summed E-state index contributed by atoms with van der Waals surface area (Å²) in [4.78, 5) is 25.2. The van der Waals surface area contributed by atoms with Crippen molar-refractivity contribution in [3.63, 3.8) is 0 Å². The van der Waals surface area contributed by atoms with E-state index in [2.05, 4.69) is 5.32 Å². The van der Waals surface area contributed by atoms with E-state index in [4.69, 9.17) is 5.11 Å². The average molecular weight is 226 g/mol. The number of amides is 2. The van der Waals surface area contributed by atoms with Crippen LogP contribution in [0.3, 0.4) is 0 Å². The number of hydrogen-bond acceptors (Lipinski definition) is 3. The second-order valence-electron chi connectivity index (χ2n) is 4.77. The lowest BCUT2D eigenvalue weighted by molar-refractivity contribution is -0.129. The first-order valence-corrected chi connectivity index (χ1v) is 5.82. The van der Waals surface area contributed by atoms with Crippen LogP contribution in [0.5, 0.6) is 0 Å². The van der Waals surface area contributed by atoms with Gasteiger partial charge in [-0.1, -0.05) is 0 Å². The lowest BCUT2D eigenvalue weighted by Crippen LogP contribution is -2.40. The summed E-state index contributed by atoms with van der Waals surface area (Å²) < 4.78 is 0. The molecule has 1 aliphatic heterocycles. The van der Waals surface area contributed by atoms with Crippen molar-refractivity contribution in [2.45, 2.75) is 38.3 Å². The SMILES string of the molecule is CC(CO)NC(=O)C1CC(=O)N(C2CC2)C1. The van der Waals surface area contributed by atoms with Gasteiger partial charge in [-0.3, -0.25) is 9.59 Å². The predicted octanol–water partition coefficient (Wildman–Crippen LogP) is -0.506. The maximum absolute atomic E-state index is 11.7. The monoisotopic (exact) mass is 226 g/mol. The molecule has 2 amide bonds. The molecule has 16 heavy (non-hydrogen) atoms. The van der Waals surface area contributed by atoms with Crippen LogP contribution in [-0.2, 0) is 9.59 Å². The number of aliphatic hydroxyl groups excluding tert-OH is 1. The van der Waals surface area contributed by atoms with Gasteiger partial charge in [0.25, 0.3) is 0 Å². The van der Waals surface area contributed by atoms with E-state index >= 15 is 0 Å². The fraction of sp³-hybridized carbons (Fsp3) is 0.818. The molecule has 1 saturated heterocycles. The molecule has 2 unspecified atom stereocenters. The molecule has 5 nitrogen and oxygen atoms in total. The highest BCUT2D eigenvalue weighted by molar-refractivity contribution is 5.89. The average Bonchev–Trinajstić information content (AvgIpc) is 3.02. The second-order valence-corrected chi connectivity index (χ2v) is 4.77. The molecule has 0 aromatic heterocycles. The first kappa shape index (κ1) is 11.4. The first-order chi connectivity index (χ1) is 7.61. The van der Waals surface area contributed by atoms with Gasteiger partial charge in [0.15, 0.2) is 0 Å². The number of carbonyl (C=O) groups is 2. The molecule has 1 heterocycles. The molecule has 2 rings (SSSR count). The lowest BCUT2D eigenvalue weighted by Gasteiger charge is -2.16. The van der Waals surface area contributed by atoms with Crippen molar-refractivity contribution in [2.24, 2.45) is 5.92 Å². The van der Waals surface area contributed by atoms with Crippen LogP contribution in [0, 0.1) is 5.92 Å². The van der Waals surface area contributed by atoms with Gasteiger partial charge in [0, 0.05) is 25.0 Å². The first-order valence-electron chi connectivity index (χ1n) is 5.82. The fourth-order valence-corrected chi connectivity index (χ4v) is 2.05. The van der Waals surface area contributed by atoms with E-state index in [9.17, 15) is 9.59 Å². The van der Waals surface area contributed by atoms with Crippen molar-refractivity contribution < 1.29 is 14.7 Å². The highest BCUT2D eigenvalue weighted by Gasteiger charge is 2.41. The summed E-state index contributed by atoms with van der Waals surface area (Å²) in [5.41, 5.74) is 0. The van der Waals surface area contributed by atoms with Crippen molar-refractivity contribution >= 4 is 11.8 Å². The Labute approximate surface area is 94.8 Å². The van der Waals surface area contributed by atoms with Crippen LogP contribution in [0.25, 0.3) is 0 Å². The van der Waals surface area contributed by atoms with Gasteiger partial charge < -0.3 is 15.3 Å². The quantitative estimate of drug-likeness (QED) is 0.678. The summed E-state index contributed by atoms with van der Waals surface area (Å²) in [7, 11) is 0. The summed E-state index contributed by atoms with van der Waals surface area (Å²) in [6, 6.07) is 0.151. The van der Waals surface area contributed by atoms with Gasteiger partial charge in [-0.2, -0.15) is 0 Å². The summed E-state index contributed by atoms with van der Waals surface area (Å²) in [6.07, 6.45) is 2.47. The molecule has 5 heteroatoms. The Morgan fingerprint density at radius 3 is 2.88 bits per heavy atom. The molecule has 1 saturated carbocycles. The van der Waals surface area contributed by atoms with E-state index in [0.29, 0.717) is 19.0 Å². The smallest absolute Gasteiger partial charge is 0.225 e. The lowest BCUT2D eigenvalue weighted by atomic mass is 10.1. The molecular weight excluding hydrogens is 208 g/mol. The maximum Gasteiger partial charge on any atom is 0.225 e. The zero-order valence-electron chi connectivity index (χ0n) is 9.48. The molecule has 0 aromatic carbocycles. The molecule has 0 aromatic rings. The number of nitrogens with one attached hydrogen (secondary N) is 1. The molecule has 2 fully saturated rings. The van der Waals surface area contributed by atoms with Crippen LogP contribution in [0.1, 0.15) is 26.2 Å². The Morgan fingerprint density at radius 1 is 1.62 bits per heavy atom. The zero-order valence-corrected chi connectivity index (χ0v) is 9.48. The Balaban J connectivity index is 1.86. The van der Waals surface area contributed by atoms with Crippen LogP contribution in [0.4, 0.5) is 0 Å². The van der Waals surface area contributed by atoms with Gasteiger partial charge in [-0.15, -0.1) is 0 Å². The van der Waals surface area contributed by atoms with E-state index in [1.54, 1.807) is 6.92 Å². The summed E-state index contributed by atoms with van der Waals surface area (Å²) in [6.45, 7) is 2.22. The largest absolute Gasteiger partial charge is 0.394 e. The van der Waals surface area contributed by atoms with Gasteiger partial charge in [0.1, 0.15) is 0 Å². The minimum absolute atomic E-state index is 0.0707. The molecule has 2 atom stereocenters. The minimum Gasteiger partial charge on any atom is -0.394 e. The highest BCUT2D eigenvalue weighted by Crippen LogP contribution is 2.32. The van der Waals surface area contributed by atoms with Crippen molar-refractivity contribution in [3.05, 3.63) is 0 Å². The standard InChI is InChI=1S/C11H18N2O3/c1-7(6-14)12-11(16)8-4-10(15)13(5-8)9-2-3-9/h7-9,14H,2-6H2,1H3,(H,12,16). The number of hydrogen-bond donors (Lipinski definition) is 2. The summed E-state index contributed by atoms with van der Waals surface area (Å²) in [5, 5.41) is 11.5. The van der Waals surface area contributed by atoms with E-state index in [1.165, 1.54) is 0 Å². The van der Waals surface area contributed by atoms with Gasteiger partial charge in [-0.05, 0) is 19.8 Å². The molecule has 90 valence electrons. The highest BCUT2D eigenvalue weighted by atomic mass is 16.3. The molecule has 2 N–H and O–H groups in total. The Morgan fingerprint density at radius 2 is 2.31 bits per heavy atom.